The van der Waals surface area contributed by atoms with Gasteiger partial charge in [0.2, 0.25) is 0 Å². The van der Waals surface area contributed by atoms with Crippen LogP contribution >= 0.6 is 27.5 Å². The van der Waals surface area contributed by atoms with E-state index in [1.54, 1.807) is 96.1 Å². The van der Waals surface area contributed by atoms with Gasteiger partial charge >= 0.3 is 17.6 Å². The van der Waals surface area contributed by atoms with Gasteiger partial charge in [-0.2, -0.15) is 59.2 Å². The van der Waals surface area contributed by atoms with Gasteiger partial charge in [0.05, 0.1) is 77.1 Å². The molecule has 0 saturated carbocycles. The zero-order chi connectivity index (χ0) is 82.9. The second kappa shape index (κ2) is 37.9. The van der Waals surface area contributed by atoms with Crippen LogP contribution in [0.3, 0.4) is 0 Å². The molecule has 15 N–H and O–H groups in total. The molecule has 5 aromatic carbocycles. The Hall–Kier alpha value is -13.8. The minimum Gasteiger partial charge on any atom is -0.451 e. The first-order valence-corrected chi connectivity index (χ1v) is 36.2. The molecule has 0 saturated heterocycles. The third kappa shape index (κ3) is 21.4. The Bertz CT molecular complexity index is 5740. The van der Waals surface area contributed by atoms with Crippen LogP contribution in [0.4, 0.5) is 92.7 Å². The van der Waals surface area contributed by atoms with Gasteiger partial charge in [0, 0.05) is 54.4 Å². The van der Waals surface area contributed by atoms with Crippen LogP contribution in [0.5, 0.6) is 0 Å². The number of ether oxygens (including phenoxy) is 3. The van der Waals surface area contributed by atoms with Gasteiger partial charge in [0.15, 0.2) is 34.9 Å². The predicted molar refractivity (Wildman–Crippen MR) is 428 cm³/mol. The molecule has 594 valence electrons. The average Bonchev–Trinajstić information content (AvgIpc) is 1.68. The number of nitrogens with two attached hydrogens (primary N) is 7. The van der Waals surface area contributed by atoms with E-state index >= 15 is 0 Å². The SMILES string of the molecule is BrCc1ccccc1.CC(C)OC(=O)Cl.CC(C)OC(=O)N(Cc1ccccc1)c1c(N)nc(-n2nc(Cc3ccccc3F)c3ncc(F)cc32)nc1N.CC(C)OC(=O)Nc1c(N)nc(-n2nc(Cc3ccccc3F)c3ncc(F)cc32)nc1N.Nc1nc(-n2nc(Cc3ccccc3F)c3ncc(F)cc32)nc(N)c1N. The molecule has 0 fully saturated rings. The highest BCUT2D eigenvalue weighted by atomic mass is 79.9. The zero-order valence-electron chi connectivity index (χ0n) is 62.1. The molecule has 9 heterocycles. The number of anilines is 9. The van der Waals surface area contributed by atoms with E-state index in [9.17, 15) is 40.7 Å². The fraction of sp³-hybridized carbons (Fsp3) is 0.182. The van der Waals surface area contributed by atoms with Crippen molar-refractivity contribution in [2.24, 2.45) is 0 Å². The topological polar surface area (TPSA) is 446 Å². The molecule has 14 rings (SSSR count). The van der Waals surface area contributed by atoms with E-state index in [0.29, 0.717) is 55.8 Å². The number of fused-ring (bicyclic) bond motifs is 3. The second-order valence-corrected chi connectivity index (χ2v) is 26.4. The van der Waals surface area contributed by atoms with Crippen molar-refractivity contribution in [2.45, 2.75) is 91.0 Å². The smallest absolute Gasteiger partial charge is 0.415 e. The van der Waals surface area contributed by atoms with E-state index in [4.69, 9.17) is 61.2 Å². The van der Waals surface area contributed by atoms with E-state index in [1.807, 2.05) is 48.5 Å². The van der Waals surface area contributed by atoms with Crippen molar-refractivity contribution in [1.29, 1.82) is 0 Å². The van der Waals surface area contributed by atoms with E-state index in [1.165, 1.54) is 60.9 Å². The molecular weight excluding hydrogens is 1590 g/mol. The number of amides is 2. The summed E-state index contributed by atoms with van der Waals surface area (Å²) in [6.07, 6.45) is 1.15. The van der Waals surface area contributed by atoms with Crippen LogP contribution in [0.25, 0.3) is 50.9 Å². The van der Waals surface area contributed by atoms with Crippen LogP contribution < -0.4 is 50.4 Å². The fourth-order valence-corrected chi connectivity index (χ4v) is 11.4. The Morgan fingerprint density at radius 3 is 1.10 bits per heavy atom. The lowest BCUT2D eigenvalue weighted by molar-refractivity contribution is 0.122. The predicted octanol–water partition coefficient (Wildman–Crippen LogP) is 14.2. The molecule has 30 nitrogen and oxygen atoms in total. The third-order valence-corrected chi connectivity index (χ3v) is 16.7. The molecular formula is C77H74BrClF6N24O6. The minimum absolute atomic E-state index is 0.0105. The summed E-state index contributed by atoms with van der Waals surface area (Å²) < 4.78 is 103. The summed E-state index contributed by atoms with van der Waals surface area (Å²) >= 11 is 8.17. The van der Waals surface area contributed by atoms with Crippen LogP contribution in [0.1, 0.15) is 86.4 Å². The van der Waals surface area contributed by atoms with Crippen molar-refractivity contribution in [3.63, 3.8) is 0 Å². The number of nitrogens with zero attached hydrogens (tertiary/aromatic N) is 16. The quantitative estimate of drug-likeness (QED) is 0.0182. The number of aromatic nitrogens is 15. The standard InChI is InChI=1S/C28H26F2N8O2.C21H20F2N8O2.C17H14F2N8.C7H7Br.C4H7ClO2/c1-16(2)40-28(39)37(15-17-8-4-3-5-9-17)24-25(31)34-27(35-26(24)32)38-22-13-19(29)14-33-23(22)21(36-38)12-18-10-6-7-11-20(18)30;1-10(2)33-21(32)27-17-18(24)28-20(29-19(17)25)31-15-8-12(22)9-26-16(15)14(30-31)7-11-5-3-4-6-13(11)23;18-9-6-12-14(23-7-9)11(5-8-3-1-2-4-10(8)19)26-27(12)17-24-15(21)13(20)16(22)25-17;8-6-7-4-2-1-3-5-7;1-3(2)7-4(5)6/h3-11,13-14,16H,12,15H2,1-2H3,(H4,31,32,34,35);3-6,8-10H,7H2,1-2H3,(H,27,32)(H4,24,25,28,29);1-4,6-7H,5,20H2,(H4,21,22,24,25);1-5H,6H2;3H,1-2H3. The fourth-order valence-electron chi connectivity index (χ4n) is 10.9. The minimum atomic E-state index is -0.775. The molecule has 0 aliphatic carbocycles. The van der Waals surface area contributed by atoms with Crippen LogP contribution in [0.2, 0.25) is 0 Å². The second-order valence-electron chi connectivity index (χ2n) is 25.6. The molecule has 115 heavy (non-hydrogen) atoms. The number of carbonyl (C=O) groups is 3. The number of rotatable bonds is 17. The molecule has 2 amide bonds. The number of hydrogen-bond acceptors (Lipinski definition) is 25. The molecule has 0 unspecified atom stereocenters. The number of carbonyl (C=O) groups excluding carboxylic acids is 3. The summed E-state index contributed by atoms with van der Waals surface area (Å²) in [6.45, 7) is 10.4. The number of alkyl halides is 1. The molecule has 9 aromatic heterocycles. The Balaban J connectivity index is 0.000000169. The van der Waals surface area contributed by atoms with Crippen LogP contribution in [-0.4, -0.2) is 110 Å². The Morgan fingerprint density at radius 1 is 0.452 bits per heavy atom. The molecule has 0 radical (unpaired) electrons. The van der Waals surface area contributed by atoms with Crippen molar-refractivity contribution in [3.05, 3.63) is 250 Å². The van der Waals surface area contributed by atoms with Crippen LogP contribution in [0, 0.1) is 34.9 Å². The average molecular weight is 1660 g/mol. The Kier molecular flexibility index (Phi) is 27.6. The lowest BCUT2D eigenvalue weighted by Gasteiger charge is -2.25. The third-order valence-electron chi connectivity index (χ3n) is 16.0. The van der Waals surface area contributed by atoms with Gasteiger partial charge < -0.3 is 54.3 Å². The van der Waals surface area contributed by atoms with Crippen LogP contribution in [-0.2, 0) is 45.3 Å². The summed E-state index contributed by atoms with van der Waals surface area (Å²) in [7, 11) is 0. The number of benzene rings is 5. The van der Waals surface area contributed by atoms with Crippen molar-refractivity contribution in [2.75, 3.05) is 50.4 Å². The number of hydrogen-bond donors (Lipinski definition) is 8. The highest BCUT2D eigenvalue weighted by Crippen LogP contribution is 2.34. The first-order chi connectivity index (χ1) is 54.9. The van der Waals surface area contributed by atoms with Crippen molar-refractivity contribution >= 4 is 130 Å². The summed E-state index contributed by atoms with van der Waals surface area (Å²) in [5.41, 5.74) is 47.5. The van der Waals surface area contributed by atoms with Gasteiger partial charge in [-0.25, -0.2) is 55.7 Å². The highest BCUT2D eigenvalue weighted by molar-refractivity contribution is 9.08. The maximum Gasteiger partial charge on any atom is 0.415 e. The zero-order valence-corrected chi connectivity index (χ0v) is 64.4. The van der Waals surface area contributed by atoms with Gasteiger partial charge in [0.25, 0.3) is 17.8 Å². The Morgan fingerprint density at radius 2 is 0.783 bits per heavy atom. The molecule has 0 atom stereocenters. The Labute approximate surface area is 665 Å². The summed E-state index contributed by atoms with van der Waals surface area (Å²) in [5, 5.41) is 16.7. The van der Waals surface area contributed by atoms with Crippen molar-refractivity contribution in [3.8, 4) is 17.8 Å². The highest BCUT2D eigenvalue weighted by Gasteiger charge is 2.29. The van der Waals surface area contributed by atoms with E-state index in [0.717, 1.165) is 29.5 Å². The van der Waals surface area contributed by atoms with Gasteiger partial charge in [-0.1, -0.05) is 131 Å². The van der Waals surface area contributed by atoms with Gasteiger partial charge in [-0.3, -0.25) is 10.2 Å². The first kappa shape index (κ1) is 83.6. The first-order valence-electron chi connectivity index (χ1n) is 34.7. The van der Waals surface area contributed by atoms with Crippen molar-refractivity contribution < 1.29 is 54.9 Å². The number of pyridine rings is 3. The largest absolute Gasteiger partial charge is 0.451 e. The molecule has 14 aromatic rings. The van der Waals surface area contributed by atoms with Gasteiger partial charge in [-0.15, -0.1) is 0 Å². The molecule has 38 heteroatoms. The number of nitrogens with one attached hydrogen (secondary N) is 1. The summed E-state index contributed by atoms with van der Waals surface area (Å²) in [6, 6.07) is 41.9. The van der Waals surface area contributed by atoms with Gasteiger partial charge in [0.1, 0.15) is 68.5 Å². The molecule has 0 spiro atoms. The maximum atomic E-state index is 14.4. The monoisotopic (exact) mass is 1660 g/mol. The lowest BCUT2D eigenvalue weighted by Crippen LogP contribution is -2.34. The van der Waals surface area contributed by atoms with E-state index in [2.05, 4.69) is 98.3 Å². The number of nitrogen functional groups attached to an aromatic ring is 7. The van der Waals surface area contributed by atoms with E-state index in [-0.39, 0.29) is 125 Å². The molecule has 0 bridgehead atoms. The number of halogens is 8. The lowest BCUT2D eigenvalue weighted by atomic mass is 10.1. The normalized spacial score (nSPS) is 10.9. The maximum absolute atomic E-state index is 14.4. The van der Waals surface area contributed by atoms with E-state index < -0.39 is 52.8 Å². The summed E-state index contributed by atoms with van der Waals surface area (Å²) in [5.74, 6) is -3.74. The van der Waals surface area contributed by atoms with Gasteiger partial charge in [-0.05, 0) is 87.6 Å². The summed E-state index contributed by atoms with van der Waals surface area (Å²) in [4.78, 5) is 73.5. The van der Waals surface area contributed by atoms with Crippen LogP contribution in [0.15, 0.2) is 170 Å². The molecule has 0 aliphatic heterocycles. The molecule has 0 aliphatic rings. The van der Waals surface area contributed by atoms with Crippen molar-refractivity contribution in [1.82, 2.24) is 74.2 Å².